The number of amides is 2. The molecule has 0 spiro atoms. The van der Waals surface area contributed by atoms with Crippen LogP contribution in [0.15, 0.2) is 35.0 Å². The Morgan fingerprint density at radius 2 is 2.06 bits per heavy atom. The highest BCUT2D eigenvalue weighted by atomic mass is 32.1. The fraction of sp³-hybridized carbons (Fsp3) is 0.500. The molecule has 1 saturated carbocycles. The number of nitrogens with one attached hydrogen (secondary N) is 1. The third-order valence-corrected chi connectivity index (χ3v) is 9.17. The number of carbonyl (C=O) groups is 2. The summed E-state index contributed by atoms with van der Waals surface area (Å²) in [7, 11) is 0. The van der Waals surface area contributed by atoms with Gasteiger partial charge in [-0.25, -0.2) is 0 Å². The third-order valence-electron chi connectivity index (χ3n) is 7.46. The Kier molecular flexibility index (Phi) is 5.21. The van der Waals surface area contributed by atoms with Crippen LogP contribution in [0.5, 0.6) is 0 Å². The monoisotopic (exact) mass is 455 g/mol. The Bertz CT molecular complexity index is 1120. The highest BCUT2D eigenvalue weighted by Gasteiger charge is 2.48. The van der Waals surface area contributed by atoms with Crippen LogP contribution in [0.2, 0.25) is 0 Å². The molecule has 2 amide bonds. The maximum atomic E-state index is 13.8. The normalized spacial score (nSPS) is 28.7. The molecule has 5 rings (SSSR count). The Hall–Kier alpha value is -2.12. The summed E-state index contributed by atoms with van der Waals surface area (Å²) in [6.07, 6.45) is 3.37. The van der Waals surface area contributed by atoms with Crippen LogP contribution in [-0.2, 0) is 17.9 Å². The third kappa shape index (κ3) is 3.42. The Balaban J connectivity index is 1.52. The lowest BCUT2D eigenvalue weighted by Gasteiger charge is -2.45. The molecule has 1 N–H and O–H groups in total. The first kappa shape index (κ1) is 20.8. The maximum absolute atomic E-state index is 13.8. The fourth-order valence-corrected chi connectivity index (χ4v) is 6.70. The van der Waals surface area contributed by atoms with Crippen molar-refractivity contribution in [1.82, 2.24) is 14.8 Å². The van der Waals surface area contributed by atoms with E-state index in [1.807, 2.05) is 40.5 Å². The van der Waals surface area contributed by atoms with Crippen molar-refractivity contribution in [2.24, 2.45) is 11.8 Å². The largest absolute Gasteiger partial charge is 0.351 e. The van der Waals surface area contributed by atoms with Crippen molar-refractivity contribution in [3.05, 3.63) is 45.6 Å². The van der Waals surface area contributed by atoms with Gasteiger partial charge >= 0.3 is 0 Å². The minimum Gasteiger partial charge on any atom is -0.351 e. The summed E-state index contributed by atoms with van der Waals surface area (Å²) >= 11 is 3.26. The van der Waals surface area contributed by atoms with Crippen LogP contribution in [0.25, 0.3) is 10.2 Å². The van der Waals surface area contributed by atoms with Gasteiger partial charge < -0.3 is 14.8 Å². The van der Waals surface area contributed by atoms with E-state index in [1.54, 1.807) is 27.6 Å². The van der Waals surface area contributed by atoms with E-state index in [-0.39, 0.29) is 17.9 Å². The van der Waals surface area contributed by atoms with Gasteiger partial charge in [0.2, 0.25) is 5.91 Å². The highest BCUT2D eigenvalue weighted by Crippen LogP contribution is 2.36. The Labute approximate surface area is 191 Å². The summed E-state index contributed by atoms with van der Waals surface area (Å²) in [5, 5.41) is 7.43. The second-order valence-corrected chi connectivity index (χ2v) is 11.4. The van der Waals surface area contributed by atoms with Crippen LogP contribution in [0.1, 0.15) is 55.4 Å². The molecule has 1 aliphatic carbocycles. The first-order chi connectivity index (χ1) is 14.9. The van der Waals surface area contributed by atoms with Gasteiger partial charge in [-0.1, -0.05) is 32.8 Å². The summed E-state index contributed by atoms with van der Waals surface area (Å²) in [4.78, 5) is 30.4. The van der Waals surface area contributed by atoms with Crippen molar-refractivity contribution in [3.63, 3.8) is 0 Å². The molecule has 4 atom stereocenters. The van der Waals surface area contributed by atoms with Crippen molar-refractivity contribution in [2.45, 2.75) is 64.7 Å². The van der Waals surface area contributed by atoms with Gasteiger partial charge in [-0.2, -0.15) is 0 Å². The SMILES string of the molecule is CC1CCCC(NC(=O)C2(C)Cn3c(cc4sccc43)C(=O)N2Cc2cccs2)C1C. The summed E-state index contributed by atoms with van der Waals surface area (Å²) in [5.41, 5.74) is 0.786. The number of hydrogen-bond acceptors (Lipinski definition) is 4. The average Bonchev–Trinajstić information content (AvgIpc) is 3.47. The van der Waals surface area contributed by atoms with Gasteiger partial charge in [0.05, 0.1) is 23.3 Å². The summed E-state index contributed by atoms with van der Waals surface area (Å²) in [5.74, 6) is 0.942. The van der Waals surface area contributed by atoms with Crippen molar-refractivity contribution in [3.8, 4) is 0 Å². The van der Waals surface area contributed by atoms with E-state index in [0.717, 1.165) is 27.9 Å². The predicted octanol–water partition coefficient (Wildman–Crippen LogP) is 5.12. The standard InChI is InChI=1S/C24H29N3O2S2/c1-15-6-4-8-18(16(15)2)25-23(29)24(3)14-26-19-9-11-31-21(19)12-20(26)22(28)27(24)13-17-7-5-10-30-17/h5,7,9-12,15-16,18H,4,6,8,13-14H2,1-3H3,(H,25,29). The summed E-state index contributed by atoms with van der Waals surface area (Å²) < 4.78 is 3.14. The molecular weight excluding hydrogens is 426 g/mol. The zero-order chi connectivity index (χ0) is 21.8. The molecule has 4 heterocycles. The molecule has 3 aromatic rings. The molecule has 164 valence electrons. The Morgan fingerprint density at radius 3 is 2.84 bits per heavy atom. The molecular formula is C24H29N3O2S2. The molecule has 31 heavy (non-hydrogen) atoms. The second kappa shape index (κ2) is 7.78. The number of hydrogen-bond donors (Lipinski definition) is 1. The average molecular weight is 456 g/mol. The maximum Gasteiger partial charge on any atom is 0.271 e. The molecule has 1 fully saturated rings. The van der Waals surface area contributed by atoms with Crippen LogP contribution >= 0.6 is 22.7 Å². The zero-order valence-electron chi connectivity index (χ0n) is 18.3. The smallest absolute Gasteiger partial charge is 0.271 e. The van der Waals surface area contributed by atoms with E-state index >= 15 is 0 Å². The molecule has 0 bridgehead atoms. The molecule has 0 radical (unpaired) electrons. The second-order valence-electron chi connectivity index (χ2n) is 9.38. The van der Waals surface area contributed by atoms with Crippen LogP contribution < -0.4 is 5.32 Å². The molecule has 0 saturated heterocycles. The first-order valence-corrected chi connectivity index (χ1v) is 12.9. The lowest BCUT2D eigenvalue weighted by atomic mass is 9.77. The van der Waals surface area contributed by atoms with Crippen LogP contribution in [0.3, 0.4) is 0 Å². The molecule has 5 nitrogen and oxygen atoms in total. The molecule has 7 heteroatoms. The molecule has 1 aliphatic heterocycles. The quantitative estimate of drug-likeness (QED) is 0.594. The first-order valence-electron chi connectivity index (χ1n) is 11.1. The van der Waals surface area contributed by atoms with Crippen molar-refractivity contribution >= 4 is 44.7 Å². The van der Waals surface area contributed by atoms with Gasteiger partial charge in [0.15, 0.2) is 0 Å². The van der Waals surface area contributed by atoms with Crippen LogP contribution in [-0.4, -0.2) is 32.9 Å². The van der Waals surface area contributed by atoms with Gasteiger partial charge in [-0.15, -0.1) is 22.7 Å². The fourth-order valence-electron chi connectivity index (χ4n) is 5.19. The molecule has 3 aromatic heterocycles. The number of aromatic nitrogens is 1. The number of nitrogens with zero attached hydrogens (tertiary/aromatic N) is 2. The number of rotatable bonds is 4. The van der Waals surface area contributed by atoms with E-state index < -0.39 is 5.54 Å². The summed E-state index contributed by atoms with van der Waals surface area (Å²) in [6, 6.07) is 8.23. The summed E-state index contributed by atoms with van der Waals surface area (Å²) in [6.45, 7) is 7.38. The van der Waals surface area contributed by atoms with Crippen molar-refractivity contribution in [1.29, 1.82) is 0 Å². The Morgan fingerprint density at radius 1 is 1.23 bits per heavy atom. The van der Waals surface area contributed by atoms with Gasteiger partial charge in [-0.05, 0) is 54.1 Å². The minimum atomic E-state index is -0.942. The lowest BCUT2D eigenvalue weighted by Crippen LogP contribution is -2.65. The van der Waals surface area contributed by atoms with Crippen LogP contribution in [0.4, 0.5) is 0 Å². The van der Waals surface area contributed by atoms with Crippen molar-refractivity contribution < 1.29 is 9.59 Å². The lowest BCUT2D eigenvalue weighted by molar-refractivity contribution is -0.134. The van der Waals surface area contributed by atoms with Gasteiger partial charge in [0, 0.05) is 10.9 Å². The molecule has 4 unspecified atom stereocenters. The van der Waals surface area contributed by atoms with E-state index in [9.17, 15) is 9.59 Å². The minimum absolute atomic E-state index is 0.0360. The molecule has 0 aromatic carbocycles. The van der Waals surface area contributed by atoms with E-state index in [2.05, 4.69) is 25.2 Å². The van der Waals surface area contributed by atoms with Gasteiger partial charge in [0.1, 0.15) is 11.2 Å². The van der Waals surface area contributed by atoms with Crippen LogP contribution in [0, 0.1) is 11.8 Å². The van der Waals surface area contributed by atoms with E-state index in [1.165, 1.54) is 6.42 Å². The van der Waals surface area contributed by atoms with Crippen molar-refractivity contribution in [2.75, 3.05) is 0 Å². The van der Waals surface area contributed by atoms with E-state index in [0.29, 0.717) is 30.6 Å². The zero-order valence-corrected chi connectivity index (χ0v) is 19.9. The highest BCUT2D eigenvalue weighted by molar-refractivity contribution is 7.17. The molecule has 2 aliphatic rings. The predicted molar refractivity (Wildman–Crippen MR) is 127 cm³/mol. The number of thiophene rings is 2. The topological polar surface area (TPSA) is 54.3 Å². The van der Waals surface area contributed by atoms with Gasteiger partial charge in [0.25, 0.3) is 5.91 Å². The van der Waals surface area contributed by atoms with E-state index in [4.69, 9.17) is 0 Å². The van der Waals surface area contributed by atoms with Gasteiger partial charge in [-0.3, -0.25) is 9.59 Å². The number of carbonyl (C=O) groups excluding carboxylic acids is 2. The number of fused-ring (bicyclic) bond motifs is 3.